The smallest absolute Gasteiger partial charge is 0.275 e. The zero-order valence-corrected chi connectivity index (χ0v) is 8.80. The number of nitrogens with zero attached hydrogens (tertiary/aromatic N) is 3. The summed E-state index contributed by atoms with van der Waals surface area (Å²) in [5.41, 5.74) is 5.99. The maximum Gasteiger partial charge on any atom is 0.275 e. The Bertz CT molecular complexity index is 300. The normalized spacial score (nSPS) is 12.5. The zero-order valence-electron chi connectivity index (χ0n) is 8.80. The van der Waals surface area contributed by atoms with Crippen molar-refractivity contribution in [1.82, 2.24) is 20.3 Å². The highest BCUT2D eigenvalue weighted by Gasteiger charge is 2.16. The molecule has 0 aliphatic rings. The number of amides is 1. The molecule has 7 nitrogen and oxygen atoms in total. The van der Waals surface area contributed by atoms with Crippen LogP contribution in [-0.4, -0.2) is 59.6 Å². The van der Waals surface area contributed by atoms with Crippen LogP contribution in [0.2, 0.25) is 0 Å². The number of methoxy groups -OCH3 is 1. The molecule has 0 aliphatic carbocycles. The molecule has 0 saturated carbocycles. The van der Waals surface area contributed by atoms with Crippen molar-refractivity contribution in [2.75, 3.05) is 27.3 Å². The van der Waals surface area contributed by atoms with Gasteiger partial charge in [-0.15, -0.1) is 0 Å². The number of H-pyrrole nitrogens is 1. The molecule has 1 atom stereocenters. The first kappa shape index (κ1) is 11.6. The van der Waals surface area contributed by atoms with Crippen molar-refractivity contribution < 1.29 is 9.53 Å². The lowest BCUT2D eigenvalue weighted by molar-refractivity contribution is 0.0759. The molecule has 15 heavy (non-hydrogen) atoms. The lowest BCUT2D eigenvalue weighted by Gasteiger charge is -2.19. The van der Waals surface area contributed by atoms with Crippen LogP contribution in [0, 0.1) is 0 Å². The molecule has 0 fully saturated rings. The highest BCUT2D eigenvalue weighted by Crippen LogP contribution is 1.97. The van der Waals surface area contributed by atoms with Gasteiger partial charge in [0.2, 0.25) is 0 Å². The third-order valence-corrected chi connectivity index (χ3v) is 1.87. The van der Waals surface area contributed by atoms with Gasteiger partial charge in [-0.25, -0.2) is 0 Å². The molecule has 0 aromatic carbocycles. The van der Waals surface area contributed by atoms with E-state index in [0.29, 0.717) is 13.2 Å². The molecule has 0 bridgehead atoms. The number of carbonyl (C=O) groups is 1. The molecule has 0 aliphatic heterocycles. The van der Waals surface area contributed by atoms with Crippen molar-refractivity contribution in [2.24, 2.45) is 5.73 Å². The Balaban J connectivity index is 2.47. The van der Waals surface area contributed by atoms with Crippen LogP contribution >= 0.6 is 0 Å². The fourth-order valence-electron chi connectivity index (χ4n) is 1.20. The molecular formula is C8H15N5O2. The van der Waals surface area contributed by atoms with E-state index >= 15 is 0 Å². The van der Waals surface area contributed by atoms with Crippen molar-refractivity contribution in [3.8, 4) is 0 Å². The number of aromatic amines is 1. The van der Waals surface area contributed by atoms with Crippen LogP contribution in [0.15, 0.2) is 6.20 Å². The fourth-order valence-corrected chi connectivity index (χ4v) is 1.20. The number of hydrogen-bond acceptors (Lipinski definition) is 5. The predicted molar refractivity (Wildman–Crippen MR) is 53.2 cm³/mol. The Labute approximate surface area is 87.6 Å². The lowest BCUT2D eigenvalue weighted by Crippen LogP contribution is -2.41. The molecule has 0 saturated heterocycles. The molecule has 7 heteroatoms. The number of ether oxygens (including phenoxy) is 1. The summed E-state index contributed by atoms with van der Waals surface area (Å²) in [6.07, 6.45) is 1.38. The maximum atomic E-state index is 11.7. The molecule has 84 valence electrons. The topological polar surface area (TPSA) is 97.1 Å². The highest BCUT2D eigenvalue weighted by molar-refractivity contribution is 5.91. The minimum atomic E-state index is -0.213. The van der Waals surface area contributed by atoms with Gasteiger partial charge in [0.1, 0.15) is 0 Å². The van der Waals surface area contributed by atoms with E-state index in [2.05, 4.69) is 15.4 Å². The van der Waals surface area contributed by atoms with Crippen molar-refractivity contribution >= 4 is 5.91 Å². The van der Waals surface area contributed by atoms with Crippen molar-refractivity contribution in [1.29, 1.82) is 0 Å². The van der Waals surface area contributed by atoms with E-state index in [4.69, 9.17) is 10.5 Å². The fraction of sp³-hybridized carbons (Fsp3) is 0.625. The van der Waals surface area contributed by atoms with Gasteiger partial charge in [0.15, 0.2) is 5.69 Å². The Hall–Kier alpha value is -1.47. The van der Waals surface area contributed by atoms with Crippen molar-refractivity contribution in [2.45, 2.75) is 6.04 Å². The molecule has 0 radical (unpaired) electrons. The van der Waals surface area contributed by atoms with Crippen LogP contribution < -0.4 is 5.73 Å². The molecule has 1 rings (SSSR count). The first-order valence-electron chi connectivity index (χ1n) is 4.51. The average molecular weight is 213 g/mol. The monoisotopic (exact) mass is 213 g/mol. The zero-order chi connectivity index (χ0) is 11.3. The van der Waals surface area contributed by atoms with Gasteiger partial charge in [0.25, 0.3) is 5.91 Å². The van der Waals surface area contributed by atoms with E-state index in [1.807, 2.05) is 0 Å². The SMILES string of the molecule is COCC(N)CN(C)C(=O)c1cn[nH]n1. The average Bonchev–Trinajstić information content (AvgIpc) is 2.69. The minimum Gasteiger partial charge on any atom is -0.383 e. The number of aromatic nitrogens is 3. The Morgan fingerprint density at radius 3 is 3.07 bits per heavy atom. The Morgan fingerprint density at radius 1 is 1.80 bits per heavy atom. The quantitative estimate of drug-likeness (QED) is 0.643. The summed E-state index contributed by atoms with van der Waals surface area (Å²) in [6, 6.07) is -0.198. The summed E-state index contributed by atoms with van der Waals surface area (Å²) in [7, 11) is 3.23. The summed E-state index contributed by atoms with van der Waals surface area (Å²) in [4.78, 5) is 13.1. The second kappa shape index (κ2) is 5.42. The largest absolute Gasteiger partial charge is 0.383 e. The summed E-state index contributed by atoms with van der Waals surface area (Å²) in [6.45, 7) is 0.829. The molecule has 1 aromatic rings. The molecule has 0 spiro atoms. The van der Waals surface area contributed by atoms with Gasteiger partial charge >= 0.3 is 0 Å². The molecule has 1 amide bonds. The second-order valence-corrected chi connectivity index (χ2v) is 3.26. The van der Waals surface area contributed by atoms with Gasteiger partial charge in [0, 0.05) is 26.7 Å². The number of hydrogen-bond donors (Lipinski definition) is 2. The first-order chi connectivity index (χ1) is 7.15. The van der Waals surface area contributed by atoms with Crippen LogP contribution in [0.25, 0.3) is 0 Å². The van der Waals surface area contributed by atoms with Crippen molar-refractivity contribution in [3.05, 3.63) is 11.9 Å². The highest BCUT2D eigenvalue weighted by atomic mass is 16.5. The van der Waals surface area contributed by atoms with E-state index in [0.717, 1.165) is 0 Å². The van der Waals surface area contributed by atoms with E-state index in [1.54, 1.807) is 14.2 Å². The van der Waals surface area contributed by atoms with Gasteiger partial charge in [-0.05, 0) is 0 Å². The predicted octanol–water partition coefficient (Wildman–Crippen LogP) is -1.15. The third kappa shape index (κ3) is 3.30. The first-order valence-corrected chi connectivity index (χ1v) is 4.51. The molecule has 1 aromatic heterocycles. The van der Waals surface area contributed by atoms with Gasteiger partial charge in [-0.2, -0.15) is 15.4 Å². The number of nitrogens with one attached hydrogen (secondary N) is 1. The summed E-state index contributed by atoms with van der Waals surface area (Å²) >= 11 is 0. The maximum absolute atomic E-state index is 11.7. The van der Waals surface area contributed by atoms with Crippen molar-refractivity contribution in [3.63, 3.8) is 0 Å². The molecule has 1 heterocycles. The number of likely N-dealkylation sites (N-methyl/N-ethyl adjacent to an activating group) is 1. The minimum absolute atomic E-state index is 0.198. The van der Waals surface area contributed by atoms with Gasteiger partial charge in [-0.3, -0.25) is 4.79 Å². The third-order valence-electron chi connectivity index (χ3n) is 1.87. The van der Waals surface area contributed by atoms with Crippen LogP contribution in [0.1, 0.15) is 10.5 Å². The Kier molecular flexibility index (Phi) is 4.19. The van der Waals surface area contributed by atoms with E-state index in [-0.39, 0.29) is 17.6 Å². The van der Waals surface area contributed by atoms with Crippen LogP contribution in [0.3, 0.4) is 0 Å². The number of rotatable bonds is 5. The van der Waals surface area contributed by atoms with Crippen LogP contribution in [0.5, 0.6) is 0 Å². The van der Waals surface area contributed by atoms with E-state index in [1.165, 1.54) is 11.1 Å². The molecular weight excluding hydrogens is 198 g/mol. The van der Waals surface area contributed by atoms with Gasteiger partial charge in [0.05, 0.1) is 12.8 Å². The van der Waals surface area contributed by atoms with E-state index in [9.17, 15) is 4.79 Å². The van der Waals surface area contributed by atoms with E-state index < -0.39 is 0 Å². The molecule has 3 N–H and O–H groups in total. The summed E-state index contributed by atoms with van der Waals surface area (Å²) in [5, 5.41) is 9.63. The number of carbonyl (C=O) groups excluding carboxylic acids is 1. The number of nitrogens with two attached hydrogens (primary N) is 1. The summed E-state index contributed by atoms with van der Waals surface area (Å²) < 4.78 is 4.88. The lowest BCUT2D eigenvalue weighted by atomic mass is 10.3. The van der Waals surface area contributed by atoms with Gasteiger partial charge < -0.3 is 15.4 Å². The van der Waals surface area contributed by atoms with Crippen LogP contribution in [-0.2, 0) is 4.74 Å². The van der Waals surface area contributed by atoms with Gasteiger partial charge in [-0.1, -0.05) is 0 Å². The Morgan fingerprint density at radius 2 is 2.53 bits per heavy atom. The van der Waals surface area contributed by atoms with Crippen LogP contribution in [0.4, 0.5) is 0 Å². The standard InChI is InChI=1S/C8H15N5O2/c1-13(4-6(9)5-15-2)8(14)7-3-10-12-11-7/h3,6H,4-5,9H2,1-2H3,(H,10,11,12). The summed E-state index contributed by atoms with van der Waals surface area (Å²) in [5.74, 6) is -0.213. The molecule has 1 unspecified atom stereocenters. The second-order valence-electron chi connectivity index (χ2n) is 3.26.